The maximum atomic E-state index is 11.0. The van der Waals surface area contributed by atoms with Crippen molar-refractivity contribution in [3.63, 3.8) is 0 Å². The lowest BCUT2D eigenvalue weighted by Gasteiger charge is -1.99. The first kappa shape index (κ1) is 11.2. The van der Waals surface area contributed by atoms with Crippen molar-refractivity contribution in [3.05, 3.63) is 36.0 Å². The third kappa shape index (κ3) is 4.64. The number of hydrogen-bond acceptors (Lipinski definition) is 3. The van der Waals surface area contributed by atoms with E-state index in [1.807, 2.05) is 0 Å². The zero-order chi connectivity index (χ0) is 10.1. The van der Waals surface area contributed by atoms with Crippen LogP contribution in [0.1, 0.15) is 6.92 Å². The van der Waals surface area contributed by atoms with Gasteiger partial charge in [0, 0.05) is 0 Å². The third-order valence-electron chi connectivity index (χ3n) is 1.02. The molecule has 13 heavy (non-hydrogen) atoms. The molecule has 0 aromatic rings. The summed E-state index contributed by atoms with van der Waals surface area (Å²) in [6.07, 6.45) is 2.53. The molecule has 0 radical (unpaired) electrons. The van der Waals surface area contributed by atoms with E-state index in [9.17, 15) is 4.79 Å². The molecule has 0 amide bonds. The highest BCUT2D eigenvalue weighted by Crippen LogP contribution is 2.00. The van der Waals surface area contributed by atoms with Gasteiger partial charge in [0.15, 0.2) is 0 Å². The first-order valence-electron chi connectivity index (χ1n) is 3.73. The number of esters is 1. The lowest BCUT2D eigenvalue weighted by molar-refractivity contribution is -0.137. The highest BCUT2D eigenvalue weighted by molar-refractivity contribution is 5.90. The van der Waals surface area contributed by atoms with E-state index in [0.29, 0.717) is 6.61 Å². The van der Waals surface area contributed by atoms with E-state index in [-0.39, 0.29) is 12.3 Å². The van der Waals surface area contributed by atoms with E-state index < -0.39 is 5.97 Å². The van der Waals surface area contributed by atoms with Gasteiger partial charge in [0.2, 0.25) is 0 Å². The predicted molar refractivity (Wildman–Crippen MR) is 47.5 cm³/mol. The molecule has 0 aliphatic carbocycles. The Kier molecular flexibility index (Phi) is 5.98. The van der Waals surface area contributed by atoms with Crippen LogP contribution in [0.2, 0.25) is 0 Å². The summed E-state index contributed by atoms with van der Waals surface area (Å²) in [5.74, 6) is -0.691. The van der Waals surface area contributed by atoms with Gasteiger partial charge in [0.05, 0.1) is 19.4 Å². The normalized spacial score (nSPS) is 10.0. The van der Waals surface area contributed by atoms with Crippen LogP contribution < -0.4 is 0 Å². The van der Waals surface area contributed by atoms with Crippen LogP contribution in [0.25, 0.3) is 4.85 Å². The van der Waals surface area contributed by atoms with Gasteiger partial charge in [-0.2, -0.15) is 0 Å². The molecule has 0 unspecified atom stereocenters. The number of carbonyl (C=O) groups is 1. The minimum atomic E-state index is -0.691. The van der Waals surface area contributed by atoms with Crippen molar-refractivity contribution in [2.45, 2.75) is 6.92 Å². The Bertz CT molecular complexity index is 250. The fourth-order valence-electron chi connectivity index (χ4n) is 0.491. The second-order valence-corrected chi connectivity index (χ2v) is 1.96. The van der Waals surface area contributed by atoms with Crippen molar-refractivity contribution in [1.29, 1.82) is 0 Å². The molecule has 4 heteroatoms. The van der Waals surface area contributed by atoms with Gasteiger partial charge in [-0.1, -0.05) is 12.7 Å². The fraction of sp³-hybridized carbons (Fsp3) is 0.333. The summed E-state index contributed by atoms with van der Waals surface area (Å²) in [7, 11) is 0. The molecule has 0 fully saturated rings. The van der Waals surface area contributed by atoms with Crippen LogP contribution in [0.3, 0.4) is 0 Å². The van der Waals surface area contributed by atoms with Gasteiger partial charge >= 0.3 is 11.7 Å². The lowest BCUT2D eigenvalue weighted by atomic mass is 10.5. The van der Waals surface area contributed by atoms with Crippen molar-refractivity contribution in [2.24, 2.45) is 0 Å². The number of carbonyl (C=O) groups excluding carboxylic acids is 1. The van der Waals surface area contributed by atoms with Gasteiger partial charge in [-0.15, -0.1) is 0 Å². The van der Waals surface area contributed by atoms with Crippen LogP contribution in [0.4, 0.5) is 0 Å². The summed E-state index contributed by atoms with van der Waals surface area (Å²) in [4.78, 5) is 14.0. The summed E-state index contributed by atoms with van der Waals surface area (Å²) >= 11 is 0. The van der Waals surface area contributed by atoms with Crippen LogP contribution in [-0.2, 0) is 14.3 Å². The summed E-state index contributed by atoms with van der Waals surface area (Å²) in [5, 5.41) is 0. The second-order valence-electron chi connectivity index (χ2n) is 1.96. The molecule has 0 saturated carbocycles. The Labute approximate surface area is 77.3 Å². The summed E-state index contributed by atoms with van der Waals surface area (Å²) < 4.78 is 9.41. The SMILES string of the molecule is [C-]#[N+]/C(=C\OCC)C(=O)OCC=C. The van der Waals surface area contributed by atoms with Gasteiger partial charge < -0.3 is 9.47 Å². The minimum absolute atomic E-state index is 0.0951. The Morgan fingerprint density at radius 1 is 1.69 bits per heavy atom. The Morgan fingerprint density at radius 2 is 2.38 bits per heavy atom. The zero-order valence-corrected chi connectivity index (χ0v) is 7.45. The average Bonchev–Trinajstić information content (AvgIpc) is 2.16. The molecule has 4 nitrogen and oxygen atoms in total. The van der Waals surface area contributed by atoms with Gasteiger partial charge in [-0.25, -0.2) is 4.85 Å². The van der Waals surface area contributed by atoms with E-state index in [4.69, 9.17) is 11.3 Å². The van der Waals surface area contributed by atoms with Crippen molar-refractivity contribution >= 4 is 5.97 Å². The molecule has 0 bridgehead atoms. The van der Waals surface area contributed by atoms with Crippen molar-refractivity contribution in [1.82, 2.24) is 0 Å². The van der Waals surface area contributed by atoms with Gasteiger partial charge in [0.25, 0.3) is 0 Å². The minimum Gasteiger partial charge on any atom is -0.512 e. The molecule has 0 aliphatic rings. The number of rotatable bonds is 5. The molecule has 0 rings (SSSR count). The number of ether oxygens (including phenoxy) is 2. The third-order valence-corrected chi connectivity index (χ3v) is 1.02. The van der Waals surface area contributed by atoms with Gasteiger partial charge in [-0.3, -0.25) is 4.79 Å². The fourth-order valence-corrected chi connectivity index (χ4v) is 0.491. The molecule has 70 valence electrons. The Hall–Kier alpha value is -1.76. The Morgan fingerprint density at radius 3 is 2.85 bits per heavy atom. The quantitative estimate of drug-likeness (QED) is 0.212. The molecular weight excluding hydrogens is 170 g/mol. The van der Waals surface area contributed by atoms with Crippen LogP contribution in [-0.4, -0.2) is 19.2 Å². The largest absolute Gasteiger partial charge is 0.512 e. The maximum absolute atomic E-state index is 11.0. The van der Waals surface area contributed by atoms with Gasteiger partial charge in [0.1, 0.15) is 6.61 Å². The van der Waals surface area contributed by atoms with Crippen LogP contribution in [0.5, 0.6) is 0 Å². The average molecular weight is 181 g/mol. The van der Waals surface area contributed by atoms with Crippen molar-refractivity contribution in [3.8, 4) is 0 Å². The number of hydrogen-bond donors (Lipinski definition) is 0. The first-order chi connectivity index (χ1) is 6.26. The van der Waals surface area contributed by atoms with E-state index in [0.717, 1.165) is 6.26 Å². The highest BCUT2D eigenvalue weighted by atomic mass is 16.5. The molecule has 0 aromatic heterocycles. The highest BCUT2D eigenvalue weighted by Gasteiger charge is 2.10. The van der Waals surface area contributed by atoms with E-state index in [1.54, 1.807) is 6.92 Å². The van der Waals surface area contributed by atoms with Crippen LogP contribution in [0, 0.1) is 6.57 Å². The smallest absolute Gasteiger partial charge is 0.339 e. The van der Waals surface area contributed by atoms with E-state index in [2.05, 4.69) is 16.2 Å². The first-order valence-corrected chi connectivity index (χ1v) is 3.73. The zero-order valence-electron chi connectivity index (χ0n) is 7.45. The monoisotopic (exact) mass is 181 g/mol. The molecule has 0 heterocycles. The maximum Gasteiger partial charge on any atom is 0.339 e. The van der Waals surface area contributed by atoms with E-state index in [1.165, 1.54) is 6.08 Å². The summed E-state index contributed by atoms with van der Waals surface area (Å²) in [6, 6.07) is 0. The molecule has 0 N–H and O–H groups in total. The molecule has 0 atom stereocenters. The molecular formula is C9H11NO3. The number of nitrogens with zero attached hydrogens (tertiary/aromatic N) is 1. The van der Waals surface area contributed by atoms with Crippen LogP contribution in [0.15, 0.2) is 24.6 Å². The summed E-state index contributed by atoms with van der Waals surface area (Å²) in [6.45, 7) is 12.3. The van der Waals surface area contributed by atoms with Crippen LogP contribution >= 0.6 is 0 Å². The Balaban J connectivity index is 4.16. The topological polar surface area (TPSA) is 39.9 Å². The van der Waals surface area contributed by atoms with Gasteiger partial charge in [-0.05, 0) is 6.92 Å². The molecule has 0 saturated heterocycles. The predicted octanol–water partition coefficient (Wildman–Crippen LogP) is 1.51. The van der Waals surface area contributed by atoms with Crippen molar-refractivity contribution < 1.29 is 14.3 Å². The lowest BCUT2D eigenvalue weighted by Crippen LogP contribution is -2.05. The molecule has 0 aromatic carbocycles. The standard InChI is InChI=1S/C9H11NO3/c1-4-6-13-9(11)8(10-3)7-12-5-2/h4,7H,1,5-6H2,2H3/b8-7-. The molecule has 0 aliphatic heterocycles. The second kappa shape index (κ2) is 6.92. The van der Waals surface area contributed by atoms with E-state index >= 15 is 0 Å². The summed E-state index contributed by atoms with van der Waals surface area (Å²) in [5.41, 5.74) is -0.163. The molecule has 0 spiro atoms. The van der Waals surface area contributed by atoms with Crippen molar-refractivity contribution in [2.75, 3.05) is 13.2 Å².